The number of anilines is 1. The largest absolute Gasteiger partial charge is 0.493 e. The SMILES string of the molecule is COc1ccc(NC(=O)C2CCN(C(=O)c3cccc(F)c3)CC2)cc1OC. The Balaban J connectivity index is 1.57. The minimum absolute atomic E-state index is 0.0925. The number of amides is 2. The number of hydrogen-bond donors (Lipinski definition) is 1. The molecular weight excluding hydrogens is 363 g/mol. The molecule has 1 saturated heterocycles. The van der Waals surface area contributed by atoms with Gasteiger partial charge in [0.15, 0.2) is 11.5 Å². The second-order valence-electron chi connectivity index (χ2n) is 6.64. The molecule has 1 aliphatic heterocycles. The molecule has 1 heterocycles. The highest BCUT2D eigenvalue weighted by atomic mass is 19.1. The zero-order valence-corrected chi connectivity index (χ0v) is 15.9. The molecule has 3 rings (SSSR count). The van der Waals surface area contributed by atoms with E-state index in [4.69, 9.17) is 9.47 Å². The molecule has 0 radical (unpaired) electrons. The van der Waals surface area contributed by atoms with Crippen LogP contribution in [0.4, 0.5) is 10.1 Å². The minimum Gasteiger partial charge on any atom is -0.493 e. The van der Waals surface area contributed by atoms with E-state index in [2.05, 4.69) is 5.32 Å². The Labute approximate surface area is 163 Å². The predicted octanol–water partition coefficient (Wildman–Crippen LogP) is 3.33. The topological polar surface area (TPSA) is 67.9 Å². The van der Waals surface area contributed by atoms with Gasteiger partial charge in [0.1, 0.15) is 5.82 Å². The predicted molar refractivity (Wildman–Crippen MR) is 103 cm³/mol. The van der Waals surface area contributed by atoms with E-state index in [-0.39, 0.29) is 17.7 Å². The number of halogens is 1. The van der Waals surface area contributed by atoms with E-state index in [0.717, 1.165) is 0 Å². The molecule has 0 saturated carbocycles. The van der Waals surface area contributed by atoms with Gasteiger partial charge in [-0.15, -0.1) is 0 Å². The number of carbonyl (C=O) groups is 2. The Morgan fingerprint density at radius 1 is 1.04 bits per heavy atom. The maximum Gasteiger partial charge on any atom is 0.253 e. The van der Waals surface area contributed by atoms with Gasteiger partial charge in [-0.25, -0.2) is 4.39 Å². The van der Waals surface area contributed by atoms with Crippen molar-refractivity contribution in [3.63, 3.8) is 0 Å². The van der Waals surface area contributed by atoms with Crippen molar-refractivity contribution in [1.82, 2.24) is 4.90 Å². The summed E-state index contributed by atoms with van der Waals surface area (Å²) in [5.41, 5.74) is 0.953. The number of nitrogens with one attached hydrogen (secondary N) is 1. The molecule has 0 spiro atoms. The summed E-state index contributed by atoms with van der Waals surface area (Å²) in [6.07, 6.45) is 1.11. The third-order valence-electron chi connectivity index (χ3n) is 4.88. The first-order valence-corrected chi connectivity index (χ1v) is 9.09. The fraction of sp³-hybridized carbons (Fsp3) is 0.333. The van der Waals surface area contributed by atoms with Crippen LogP contribution < -0.4 is 14.8 Å². The van der Waals surface area contributed by atoms with Crippen LogP contribution >= 0.6 is 0 Å². The van der Waals surface area contributed by atoms with Crippen molar-refractivity contribution >= 4 is 17.5 Å². The summed E-state index contributed by atoms with van der Waals surface area (Å²) in [4.78, 5) is 26.7. The standard InChI is InChI=1S/C21H23FN2O4/c1-27-18-7-6-17(13-19(18)28-2)23-20(25)14-8-10-24(11-9-14)21(26)15-4-3-5-16(22)12-15/h3-7,12-14H,8-11H2,1-2H3,(H,23,25). The Bertz CT molecular complexity index is 863. The number of methoxy groups -OCH3 is 2. The van der Waals surface area contributed by atoms with Gasteiger partial charge in [-0.2, -0.15) is 0 Å². The monoisotopic (exact) mass is 386 g/mol. The molecule has 2 amide bonds. The van der Waals surface area contributed by atoms with Gasteiger partial charge in [0, 0.05) is 36.3 Å². The van der Waals surface area contributed by atoms with Crippen molar-refractivity contribution in [3.05, 3.63) is 53.8 Å². The Kier molecular flexibility index (Phi) is 6.13. The fourth-order valence-corrected chi connectivity index (χ4v) is 3.31. The van der Waals surface area contributed by atoms with Gasteiger partial charge < -0.3 is 19.7 Å². The van der Waals surface area contributed by atoms with E-state index in [1.807, 2.05) is 0 Å². The lowest BCUT2D eigenvalue weighted by Gasteiger charge is -2.31. The average Bonchev–Trinajstić information content (AvgIpc) is 2.73. The maximum atomic E-state index is 13.3. The quantitative estimate of drug-likeness (QED) is 0.856. The second-order valence-corrected chi connectivity index (χ2v) is 6.64. The average molecular weight is 386 g/mol. The molecule has 0 bridgehead atoms. The molecule has 2 aromatic rings. The van der Waals surface area contributed by atoms with Gasteiger partial charge in [-0.1, -0.05) is 6.07 Å². The molecular formula is C21H23FN2O4. The van der Waals surface area contributed by atoms with Gasteiger partial charge >= 0.3 is 0 Å². The number of likely N-dealkylation sites (tertiary alicyclic amines) is 1. The normalized spacial score (nSPS) is 14.5. The van der Waals surface area contributed by atoms with Crippen LogP contribution in [-0.2, 0) is 4.79 Å². The third-order valence-corrected chi connectivity index (χ3v) is 4.88. The second kappa shape index (κ2) is 8.73. The number of nitrogens with zero attached hydrogens (tertiary/aromatic N) is 1. The fourth-order valence-electron chi connectivity index (χ4n) is 3.31. The molecule has 0 aliphatic carbocycles. The van der Waals surface area contributed by atoms with Crippen LogP contribution in [0.1, 0.15) is 23.2 Å². The summed E-state index contributed by atoms with van der Waals surface area (Å²) in [5.74, 6) is 0.198. The van der Waals surface area contributed by atoms with E-state index < -0.39 is 5.82 Å². The van der Waals surface area contributed by atoms with E-state index in [9.17, 15) is 14.0 Å². The highest BCUT2D eigenvalue weighted by molar-refractivity contribution is 5.95. The molecule has 28 heavy (non-hydrogen) atoms. The Morgan fingerprint density at radius 3 is 2.39 bits per heavy atom. The summed E-state index contributed by atoms with van der Waals surface area (Å²) in [7, 11) is 3.09. The molecule has 6 nitrogen and oxygen atoms in total. The van der Waals surface area contributed by atoms with Crippen molar-refractivity contribution in [2.75, 3.05) is 32.6 Å². The van der Waals surface area contributed by atoms with Gasteiger partial charge in [0.2, 0.25) is 5.91 Å². The first-order valence-electron chi connectivity index (χ1n) is 9.09. The molecule has 1 aliphatic rings. The summed E-state index contributed by atoms with van der Waals surface area (Å²) < 4.78 is 23.8. The Hall–Kier alpha value is -3.09. The molecule has 1 N–H and O–H groups in total. The minimum atomic E-state index is -0.435. The molecule has 7 heteroatoms. The number of benzene rings is 2. The highest BCUT2D eigenvalue weighted by Gasteiger charge is 2.28. The summed E-state index contributed by atoms with van der Waals surface area (Å²) in [5, 5.41) is 2.89. The summed E-state index contributed by atoms with van der Waals surface area (Å²) in [6, 6.07) is 10.8. The first-order chi connectivity index (χ1) is 13.5. The molecule has 0 aromatic heterocycles. The van der Waals surface area contributed by atoms with Crippen LogP contribution in [0.25, 0.3) is 0 Å². The lowest BCUT2D eigenvalue weighted by molar-refractivity contribution is -0.121. The van der Waals surface area contributed by atoms with E-state index in [1.54, 1.807) is 36.3 Å². The van der Waals surface area contributed by atoms with Crippen molar-refractivity contribution in [2.24, 2.45) is 5.92 Å². The lowest BCUT2D eigenvalue weighted by atomic mass is 9.95. The van der Waals surface area contributed by atoms with E-state index in [1.165, 1.54) is 25.3 Å². The molecule has 2 aromatic carbocycles. The smallest absolute Gasteiger partial charge is 0.253 e. The van der Waals surface area contributed by atoms with Crippen LogP contribution in [-0.4, -0.2) is 44.0 Å². The lowest BCUT2D eigenvalue weighted by Crippen LogP contribution is -2.41. The number of ether oxygens (including phenoxy) is 2. The highest BCUT2D eigenvalue weighted by Crippen LogP contribution is 2.30. The van der Waals surface area contributed by atoms with E-state index >= 15 is 0 Å². The van der Waals surface area contributed by atoms with Crippen molar-refractivity contribution in [3.8, 4) is 11.5 Å². The van der Waals surface area contributed by atoms with Crippen LogP contribution in [0.5, 0.6) is 11.5 Å². The maximum absolute atomic E-state index is 13.3. The number of carbonyl (C=O) groups excluding carboxylic acids is 2. The van der Waals surface area contributed by atoms with Crippen LogP contribution in [0.15, 0.2) is 42.5 Å². The van der Waals surface area contributed by atoms with Gasteiger partial charge in [-0.3, -0.25) is 9.59 Å². The molecule has 0 unspecified atom stereocenters. The molecule has 1 fully saturated rings. The van der Waals surface area contributed by atoms with Crippen LogP contribution in [0.3, 0.4) is 0 Å². The molecule has 148 valence electrons. The van der Waals surface area contributed by atoms with Gasteiger partial charge in [0.05, 0.1) is 14.2 Å². The van der Waals surface area contributed by atoms with Crippen LogP contribution in [0.2, 0.25) is 0 Å². The van der Waals surface area contributed by atoms with Crippen molar-refractivity contribution < 1.29 is 23.5 Å². The van der Waals surface area contributed by atoms with Gasteiger partial charge in [0.25, 0.3) is 5.91 Å². The summed E-state index contributed by atoms with van der Waals surface area (Å²) in [6.45, 7) is 0.915. The molecule has 0 atom stereocenters. The zero-order chi connectivity index (χ0) is 20.1. The van der Waals surface area contributed by atoms with Gasteiger partial charge in [-0.05, 0) is 43.2 Å². The third kappa shape index (κ3) is 4.42. The number of rotatable bonds is 5. The van der Waals surface area contributed by atoms with Crippen LogP contribution in [0, 0.1) is 11.7 Å². The number of hydrogen-bond acceptors (Lipinski definition) is 4. The summed E-state index contributed by atoms with van der Waals surface area (Å²) >= 11 is 0. The van der Waals surface area contributed by atoms with Crippen molar-refractivity contribution in [1.29, 1.82) is 0 Å². The zero-order valence-electron chi connectivity index (χ0n) is 15.9. The van der Waals surface area contributed by atoms with Crippen molar-refractivity contribution in [2.45, 2.75) is 12.8 Å². The first kappa shape index (κ1) is 19.7. The van der Waals surface area contributed by atoms with E-state index in [0.29, 0.717) is 48.7 Å². The Morgan fingerprint density at radius 2 is 1.75 bits per heavy atom. The number of piperidine rings is 1.